The number of aryl methyl sites for hydroxylation is 1. The van der Waals surface area contributed by atoms with Gasteiger partial charge < -0.3 is 15.2 Å². The van der Waals surface area contributed by atoms with E-state index in [0.29, 0.717) is 12.8 Å². The average Bonchev–Trinajstić information content (AvgIpc) is 2.43. The summed E-state index contributed by atoms with van der Waals surface area (Å²) in [7, 11) is 0. The number of carboxylic acid groups (broad SMARTS) is 1. The third-order valence-electron chi connectivity index (χ3n) is 4.27. The van der Waals surface area contributed by atoms with Crippen LogP contribution in [0.3, 0.4) is 0 Å². The molecule has 0 spiro atoms. The summed E-state index contributed by atoms with van der Waals surface area (Å²) in [6.45, 7) is 3.93. The summed E-state index contributed by atoms with van der Waals surface area (Å²) in [5.41, 5.74) is 2.88. The van der Waals surface area contributed by atoms with Crippen molar-refractivity contribution in [2.24, 2.45) is 11.8 Å². The fourth-order valence-corrected chi connectivity index (χ4v) is 2.84. The van der Waals surface area contributed by atoms with E-state index in [2.05, 4.69) is 5.32 Å². The van der Waals surface area contributed by atoms with E-state index in [1.54, 1.807) is 0 Å². The third kappa shape index (κ3) is 3.00. The fourth-order valence-electron chi connectivity index (χ4n) is 2.84. The lowest BCUT2D eigenvalue weighted by Crippen LogP contribution is -2.42. The molecule has 0 aliphatic heterocycles. The molecule has 1 aliphatic rings. The van der Waals surface area contributed by atoms with Gasteiger partial charge in [0.25, 0.3) is 0 Å². The number of aliphatic carboxylic acids is 1. The molecule has 1 aromatic rings. The van der Waals surface area contributed by atoms with Gasteiger partial charge in [0.1, 0.15) is 0 Å². The predicted octanol–water partition coefficient (Wildman–Crippen LogP) is 1.80. The number of anilines is 1. The van der Waals surface area contributed by atoms with Crippen molar-refractivity contribution in [3.8, 4) is 0 Å². The van der Waals surface area contributed by atoms with Crippen molar-refractivity contribution in [1.29, 1.82) is 0 Å². The van der Waals surface area contributed by atoms with Crippen LogP contribution in [0.2, 0.25) is 0 Å². The molecular formula is C16H20NO3-. The second-order valence-corrected chi connectivity index (χ2v) is 5.55. The quantitative estimate of drug-likeness (QED) is 0.913. The monoisotopic (exact) mass is 274 g/mol. The van der Waals surface area contributed by atoms with E-state index < -0.39 is 17.8 Å². The van der Waals surface area contributed by atoms with Crippen LogP contribution in [0.1, 0.15) is 36.8 Å². The molecule has 0 saturated heterocycles. The molecule has 4 heteroatoms. The molecule has 0 aromatic heterocycles. The second-order valence-electron chi connectivity index (χ2n) is 5.55. The SMILES string of the molecule is Cc1cccc(NC(=O)C2CCCCC2C(=O)[O-])c1C. The first-order valence-corrected chi connectivity index (χ1v) is 7.08. The van der Waals surface area contributed by atoms with Crippen LogP contribution in [0.5, 0.6) is 0 Å². The average molecular weight is 274 g/mol. The summed E-state index contributed by atoms with van der Waals surface area (Å²) in [6, 6.07) is 5.71. The van der Waals surface area contributed by atoms with Crippen molar-refractivity contribution in [2.75, 3.05) is 5.32 Å². The van der Waals surface area contributed by atoms with Crippen molar-refractivity contribution >= 4 is 17.6 Å². The molecule has 4 nitrogen and oxygen atoms in total. The Morgan fingerprint density at radius 1 is 1.15 bits per heavy atom. The Bertz CT molecular complexity index is 524. The van der Waals surface area contributed by atoms with Crippen molar-refractivity contribution in [3.63, 3.8) is 0 Å². The largest absolute Gasteiger partial charge is 0.550 e. The third-order valence-corrected chi connectivity index (χ3v) is 4.27. The number of rotatable bonds is 3. The minimum Gasteiger partial charge on any atom is -0.550 e. The number of carbonyl (C=O) groups excluding carboxylic acids is 2. The molecule has 0 bridgehead atoms. The first-order chi connectivity index (χ1) is 9.50. The highest BCUT2D eigenvalue weighted by molar-refractivity contribution is 5.95. The lowest BCUT2D eigenvalue weighted by Gasteiger charge is -2.31. The van der Waals surface area contributed by atoms with Crippen LogP contribution < -0.4 is 10.4 Å². The first kappa shape index (κ1) is 14.6. The molecular weight excluding hydrogens is 254 g/mol. The molecule has 2 atom stereocenters. The van der Waals surface area contributed by atoms with Gasteiger partial charge in [-0.25, -0.2) is 0 Å². The van der Waals surface area contributed by atoms with E-state index in [-0.39, 0.29) is 5.91 Å². The van der Waals surface area contributed by atoms with Crippen molar-refractivity contribution in [3.05, 3.63) is 29.3 Å². The topological polar surface area (TPSA) is 69.2 Å². The zero-order valence-corrected chi connectivity index (χ0v) is 11.9. The number of amides is 1. The molecule has 0 radical (unpaired) electrons. The van der Waals surface area contributed by atoms with Gasteiger partial charge in [0, 0.05) is 23.5 Å². The first-order valence-electron chi connectivity index (χ1n) is 7.08. The van der Waals surface area contributed by atoms with E-state index >= 15 is 0 Å². The van der Waals surface area contributed by atoms with Gasteiger partial charge in [-0.2, -0.15) is 0 Å². The van der Waals surface area contributed by atoms with Crippen LogP contribution >= 0.6 is 0 Å². The van der Waals surface area contributed by atoms with Crippen molar-refractivity contribution < 1.29 is 14.7 Å². The van der Waals surface area contributed by atoms with Crippen molar-refractivity contribution in [2.45, 2.75) is 39.5 Å². The molecule has 1 amide bonds. The van der Waals surface area contributed by atoms with Crippen LogP contribution in [0, 0.1) is 25.7 Å². The van der Waals surface area contributed by atoms with Gasteiger partial charge in [0.2, 0.25) is 5.91 Å². The summed E-state index contributed by atoms with van der Waals surface area (Å²) in [5.74, 6) is -2.44. The molecule has 1 aliphatic carbocycles. The lowest BCUT2D eigenvalue weighted by molar-refractivity contribution is -0.313. The van der Waals surface area contributed by atoms with Crippen LogP contribution in [0.25, 0.3) is 0 Å². The highest BCUT2D eigenvalue weighted by Crippen LogP contribution is 2.31. The van der Waals surface area contributed by atoms with Crippen molar-refractivity contribution in [1.82, 2.24) is 0 Å². The summed E-state index contributed by atoms with van der Waals surface area (Å²) in [4.78, 5) is 23.5. The fraction of sp³-hybridized carbons (Fsp3) is 0.500. The van der Waals surface area contributed by atoms with E-state index in [4.69, 9.17) is 0 Å². The lowest BCUT2D eigenvalue weighted by atomic mass is 9.78. The molecule has 1 saturated carbocycles. The molecule has 1 aromatic carbocycles. The maximum Gasteiger partial charge on any atom is 0.228 e. The summed E-state index contributed by atoms with van der Waals surface area (Å²) < 4.78 is 0. The Morgan fingerprint density at radius 3 is 2.45 bits per heavy atom. The molecule has 1 fully saturated rings. The van der Waals surface area contributed by atoms with Gasteiger partial charge in [-0.1, -0.05) is 25.0 Å². The van der Waals surface area contributed by atoms with Crippen LogP contribution in [0.4, 0.5) is 5.69 Å². The smallest absolute Gasteiger partial charge is 0.228 e. The Balaban J connectivity index is 2.14. The highest BCUT2D eigenvalue weighted by Gasteiger charge is 2.31. The minimum atomic E-state index is -1.11. The van der Waals surface area contributed by atoms with E-state index in [1.165, 1.54) is 0 Å². The normalized spacial score (nSPS) is 22.3. The molecule has 1 N–H and O–H groups in total. The maximum absolute atomic E-state index is 12.3. The molecule has 2 rings (SSSR count). The standard InChI is InChI=1S/C16H21NO3/c1-10-6-5-9-14(11(10)2)17-15(18)12-7-3-4-8-13(12)16(19)20/h5-6,9,12-13H,3-4,7-8H2,1-2H3,(H,17,18)(H,19,20)/p-1. The summed E-state index contributed by atoms with van der Waals surface area (Å²) >= 11 is 0. The predicted molar refractivity (Wildman–Crippen MR) is 75.0 cm³/mol. The van der Waals surface area contributed by atoms with Gasteiger partial charge in [0.05, 0.1) is 0 Å². The molecule has 108 valence electrons. The minimum absolute atomic E-state index is 0.201. The van der Waals surface area contributed by atoms with Gasteiger partial charge in [0.15, 0.2) is 0 Å². The Hall–Kier alpha value is -1.84. The van der Waals surface area contributed by atoms with E-state index in [1.807, 2.05) is 32.0 Å². The Kier molecular flexibility index (Phi) is 4.42. The van der Waals surface area contributed by atoms with Crippen LogP contribution in [-0.4, -0.2) is 11.9 Å². The Morgan fingerprint density at radius 2 is 1.80 bits per heavy atom. The molecule has 2 unspecified atom stereocenters. The molecule has 20 heavy (non-hydrogen) atoms. The number of hydrogen-bond donors (Lipinski definition) is 1. The summed E-state index contributed by atoms with van der Waals surface area (Å²) in [5, 5.41) is 14.0. The Labute approximate surface area is 119 Å². The van der Waals surface area contributed by atoms with E-state index in [9.17, 15) is 14.7 Å². The summed E-state index contributed by atoms with van der Waals surface area (Å²) in [6.07, 6.45) is 2.91. The van der Waals surface area contributed by atoms with Gasteiger partial charge in [-0.3, -0.25) is 4.79 Å². The number of hydrogen-bond acceptors (Lipinski definition) is 3. The number of carbonyl (C=O) groups is 2. The zero-order chi connectivity index (χ0) is 14.7. The second kappa shape index (κ2) is 6.07. The number of benzene rings is 1. The maximum atomic E-state index is 12.3. The zero-order valence-electron chi connectivity index (χ0n) is 11.9. The number of nitrogens with one attached hydrogen (secondary N) is 1. The van der Waals surface area contributed by atoms with Crippen LogP contribution in [0.15, 0.2) is 18.2 Å². The van der Waals surface area contributed by atoms with Gasteiger partial charge >= 0.3 is 0 Å². The number of carboxylic acids is 1. The highest BCUT2D eigenvalue weighted by atomic mass is 16.4. The van der Waals surface area contributed by atoms with Crippen LogP contribution in [-0.2, 0) is 9.59 Å². The van der Waals surface area contributed by atoms with E-state index in [0.717, 1.165) is 29.7 Å². The van der Waals surface area contributed by atoms with Gasteiger partial charge in [-0.15, -0.1) is 0 Å². The molecule has 0 heterocycles. The van der Waals surface area contributed by atoms with Gasteiger partial charge in [-0.05, 0) is 43.9 Å².